The Balaban J connectivity index is 2.17. The Kier molecular flexibility index (Phi) is 4.27. The average Bonchev–Trinajstić information content (AvgIpc) is 2.78. The van der Waals surface area contributed by atoms with Crippen molar-refractivity contribution in [1.29, 1.82) is 0 Å². The van der Waals surface area contributed by atoms with Crippen LogP contribution in [0, 0.1) is 0 Å². The summed E-state index contributed by atoms with van der Waals surface area (Å²) in [6.07, 6.45) is 0. The maximum Gasteiger partial charge on any atom is 0.221 e. The van der Waals surface area contributed by atoms with Crippen LogP contribution in [-0.2, 0) is 6.54 Å². The predicted octanol–water partition coefficient (Wildman–Crippen LogP) is 4.38. The largest absolute Gasteiger partial charge is 0.493 e. The quantitative estimate of drug-likeness (QED) is 0.547. The Bertz CT molecular complexity index is 905. The molecule has 0 amide bonds. The van der Waals surface area contributed by atoms with E-state index in [2.05, 4.69) is 10.2 Å². The lowest BCUT2D eigenvalue weighted by Gasteiger charge is -2.07. The molecule has 1 aromatic heterocycles. The Morgan fingerprint density at radius 3 is 2.65 bits per heavy atom. The highest BCUT2D eigenvalue weighted by atomic mass is 35.5. The molecule has 0 unspecified atom stereocenters. The monoisotopic (exact) mass is 344 g/mol. The van der Waals surface area contributed by atoms with Crippen LogP contribution < -0.4 is 5.73 Å². The SMILES string of the molecule is NC(=S)N=Nc1c(O)n(Cc2ccccc2)c2ccc(Cl)cc12. The topological polar surface area (TPSA) is 75.9 Å². The average molecular weight is 345 g/mol. The fourth-order valence-electron chi connectivity index (χ4n) is 2.42. The van der Waals surface area contributed by atoms with Crippen LogP contribution in [0.1, 0.15) is 5.56 Å². The fourth-order valence-corrected chi connectivity index (χ4v) is 2.63. The first-order chi connectivity index (χ1) is 11.1. The molecule has 0 aliphatic heterocycles. The normalized spacial score (nSPS) is 11.3. The van der Waals surface area contributed by atoms with Gasteiger partial charge in [0, 0.05) is 10.4 Å². The summed E-state index contributed by atoms with van der Waals surface area (Å²) in [6, 6.07) is 15.1. The molecule has 0 radical (unpaired) electrons. The molecule has 0 fully saturated rings. The lowest BCUT2D eigenvalue weighted by molar-refractivity contribution is 0.429. The van der Waals surface area contributed by atoms with E-state index >= 15 is 0 Å². The summed E-state index contributed by atoms with van der Waals surface area (Å²) < 4.78 is 1.74. The van der Waals surface area contributed by atoms with Crippen molar-refractivity contribution in [1.82, 2.24) is 4.57 Å². The van der Waals surface area contributed by atoms with Crippen LogP contribution in [0.15, 0.2) is 58.8 Å². The summed E-state index contributed by atoms with van der Waals surface area (Å²) in [4.78, 5) is 0. The molecule has 0 aliphatic rings. The number of hydrogen-bond donors (Lipinski definition) is 2. The molecule has 0 atom stereocenters. The van der Waals surface area contributed by atoms with Crippen molar-refractivity contribution in [3.63, 3.8) is 0 Å². The minimum Gasteiger partial charge on any atom is -0.493 e. The van der Waals surface area contributed by atoms with Crippen molar-refractivity contribution in [2.24, 2.45) is 16.0 Å². The number of halogens is 1. The van der Waals surface area contributed by atoms with Gasteiger partial charge >= 0.3 is 0 Å². The van der Waals surface area contributed by atoms with Gasteiger partial charge in [0.2, 0.25) is 11.0 Å². The second-order valence-electron chi connectivity index (χ2n) is 4.94. The number of aromatic nitrogens is 1. The summed E-state index contributed by atoms with van der Waals surface area (Å²) in [5.41, 5.74) is 7.50. The van der Waals surface area contributed by atoms with Gasteiger partial charge in [0.25, 0.3) is 0 Å². The molecule has 2 aromatic carbocycles. The molecule has 5 nitrogen and oxygen atoms in total. The zero-order chi connectivity index (χ0) is 16.4. The van der Waals surface area contributed by atoms with Gasteiger partial charge in [0.1, 0.15) is 0 Å². The van der Waals surface area contributed by atoms with Crippen molar-refractivity contribution in [3.05, 3.63) is 59.1 Å². The standard InChI is InChI=1S/C16H13ClN4OS/c17-11-6-7-13-12(8-11)14(19-20-16(18)23)15(22)21(13)9-10-4-2-1-3-5-10/h1-8,22H,9H2,(H2,18,23). The van der Waals surface area contributed by atoms with Gasteiger partial charge in [-0.05, 0) is 36.0 Å². The van der Waals surface area contributed by atoms with Crippen molar-refractivity contribution in [2.45, 2.75) is 6.54 Å². The van der Waals surface area contributed by atoms with Crippen LogP contribution >= 0.6 is 23.8 Å². The van der Waals surface area contributed by atoms with E-state index in [4.69, 9.17) is 29.6 Å². The number of fused-ring (bicyclic) bond motifs is 1. The van der Waals surface area contributed by atoms with Crippen LogP contribution in [0.4, 0.5) is 5.69 Å². The molecule has 23 heavy (non-hydrogen) atoms. The third-order valence-corrected chi connectivity index (χ3v) is 3.72. The first kappa shape index (κ1) is 15.5. The van der Waals surface area contributed by atoms with E-state index in [0.29, 0.717) is 22.6 Å². The van der Waals surface area contributed by atoms with Gasteiger partial charge in [0.15, 0.2) is 5.69 Å². The van der Waals surface area contributed by atoms with Crippen molar-refractivity contribution < 1.29 is 5.11 Å². The second kappa shape index (κ2) is 6.36. The minimum absolute atomic E-state index is 0.00822. The summed E-state index contributed by atoms with van der Waals surface area (Å²) >= 11 is 10.8. The van der Waals surface area contributed by atoms with E-state index in [9.17, 15) is 5.11 Å². The summed E-state index contributed by atoms with van der Waals surface area (Å²) in [7, 11) is 0. The molecule has 0 aliphatic carbocycles. The molecule has 0 saturated heterocycles. The Morgan fingerprint density at radius 1 is 1.22 bits per heavy atom. The number of azo groups is 1. The molecular weight excluding hydrogens is 332 g/mol. The number of hydrogen-bond acceptors (Lipinski definition) is 3. The van der Waals surface area contributed by atoms with Crippen LogP contribution in [-0.4, -0.2) is 14.8 Å². The van der Waals surface area contributed by atoms with Gasteiger partial charge < -0.3 is 15.4 Å². The fraction of sp³-hybridized carbons (Fsp3) is 0.0625. The number of thiocarbonyl (C=S) groups is 1. The molecule has 0 saturated carbocycles. The van der Waals surface area contributed by atoms with Crippen LogP contribution in [0.25, 0.3) is 10.9 Å². The Labute approximate surface area is 143 Å². The van der Waals surface area contributed by atoms with Gasteiger partial charge in [-0.25, -0.2) is 0 Å². The van der Waals surface area contributed by atoms with E-state index in [1.807, 2.05) is 36.4 Å². The number of nitrogens with two attached hydrogens (primary N) is 1. The van der Waals surface area contributed by atoms with E-state index in [1.54, 1.807) is 16.7 Å². The van der Waals surface area contributed by atoms with Crippen LogP contribution in [0.5, 0.6) is 5.88 Å². The lowest BCUT2D eigenvalue weighted by Crippen LogP contribution is -2.01. The zero-order valence-corrected chi connectivity index (χ0v) is 13.6. The molecule has 116 valence electrons. The van der Waals surface area contributed by atoms with E-state index < -0.39 is 0 Å². The maximum atomic E-state index is 10.6. The first-order valence-electron chi connectivity index (χ1n) is 6.82. The van der Waals surface area contributed by atoms with Gasteiger partial charge in [-0.15, -0.1) is 10.2 Å². The zero-order valence-electron chi connectivity index (χ0n) is 12.0. The number of rotatable bonds is 3. The highest BCUT2D eigenvalue weighted by molar-refractivity contribution is 7.80. The maximum absolute atomic E-state index is 10.6. The van der Waals surface area contributed by atoms with E-state index in [0.717, 1.165) is 11.1 Å². The minimum atomic E-state index is -0.101. The molecule has 3 N–H and O–H groups in total. The first-order valence-corrected chi connectivity index (χ1v) is 7.60. The summed E-state index contributed by atoms with van der Waals surface area (Å²) in [5, 5.41) is 19.3. The van der Waals surface area contributed by atoms with Gasteiger partial charge in [-0.1, -0.05) is 41.9 Å². The smallest absolute Gasteiger partial charge is 0.221 e. The molecular formula is C16H13ClN4OS. The highest BCUT2D eigenvalue weighted by Crippen LogP contribution is 2.40. The molecule has 3 rings (SSSR count). The number of nitrogens with zero attached hydrogens (tertiary/aromatic N) is 3. The molecule has 0 bridgehead atoms. The van der Waals surface area contributed by atoms with Crippen molar-refractivity contribution in [2.75, 3.05) is 0 Å². The third-order valence-electron chi connectivity index (χ3n) is 3.40. The Morgan fingerprint density at radius 2 is 1.96 bits per heavy atom. The molecule has 1 heterocycles. The Hall–Kier alpha value is -2.44. The lowest BCUT2D eigenvalue weighted by atomic mass is 10.2. The molecule has 0 spiro atoms. The van der Waals surface area contributed by atoms with Crippen molar-refractivity contribution in [3.8, 4) is 5.88 Å². The number of benzene rings is 2. The highest BCUT2D eigenvalue weighted by Gasteiger charge is 2.17. The summed E-state index contributed by atoms with van der Waals surface area (Å²) in [5.74, 6) is -0.00822. The predicted molar refractivity (Wildman–Crippen MR) is 95.5 cm³/mol. The number of aromatic hydroxyl groups is 1. The molecule has 7 heteroatoms. The van der Waals surface area contributed by atoms with Crippen molar-refractivity contribution >= 4 is 45.5 Å². The summed E-state index contributed by atoms with van der Waals surface area (Å²) in [6.45, 7) is 0.493. The third kappa shape index (κ3) is 3.18. The van der Waals surface area contributed by atoms with E-state index in [1.165, 1.54) is 0 Å². The van der Waals surface area contributed by atoms with Crippen LogP contribution in [0.2, 0.25) is 5.02 Å². The van der Waals surface area contributed by atoms with Gasteiger partial charge in [-0.3, -0.25) is 0 Å². The van der Waals surface area contributed by atoms with E-state index in [-0.39, 0.29) is 11.0 Å². The molecule has 3 aromatic rings. The van der Waals surface area contributed by atoms with Crippen LogP contribution in [0.3, 0.4) is 0 Å². The van der Waals surface area contributed by atoms with Gasteiger partial charge in [0.05, 0.1) is 12.1 Å². The second-order valence-corrected chi connectivity index (χ2v) is 5.80. The van der Waals surface area contributed by atoms with Gasteiger partial charge in [-0.2, -0.15) is 0 Å².